The zero-order chi connectivity index (χ0) is 14.6. The third-order valence-corrected chi connectivity index (χ3v) is 4.17. The molecule has 0 aliphatic rings. The minimum Gasteiger partial charge on any atom is -0.496 e. The fourth-order valence-electron chi connectivity index (χ4n) is 2.13. The van der Waals surface area contributed by atoms with Crippen LogP contribution in [0.4, 0.5) is 4.39 Å². The van der Waals surface area contributed by atoms with Gasteiger partial charge >= 0.3 is 0 Å². The van der Waals surface area contributed by atoms with Gasteiger partial charge in [0.05, 0.1) is 24.8 Å². The Bertz CT molecular complexity index is 559. The maximum Gasteiger partial charge on any atom is 0.132 e. The predicted octanol–water partition coefficient (Wildman–Crippen LogP) is 2.89. The van der Waals surface area contributed by atoms with Gasteiger partial charge in [0.2, 0.25) is 0 Å². The number of hydrogen-bond donors (Lipinski definition) is 2. The lowest BCUT2D eigenvalue weighted by atomic mass is 9.91. The van der Waals surface area contributed by atoms with E-state index < -0.39 is 5.54 Å². The normalized spacial score (nSPS) is 14.0. The van der Waals surface area contributed by atoms with Gasteiger partial charge in [-0.25, -0.2) is 4.39 Å². The first-order chi connectivity index (χ1) is 9.60. The van der Waals surface area contributed by atoms with Crippen molar-refractivity contribution in [2.24, 2.45) is 0 Å². The Morgan fingerprint density at radius 1 is 1.35 bits per heavy atom. The van der Waals surface area contributed by atoms with Gasteiger partial charge in [-0.2, -0.15) is 0 Å². The topological polar surface area (TPSA) is 41.5 Å². The van der Waals surface area contributed by atoms with Crippen LogP contribution in [0.3, 0.4) is 0 Å². The summed E-state index contributed by atoms with van der Waals surface area (Å²) in [5.41, 5.74) is -0.553. The summed E-state index contributed by atoms with van der Waals surface area (Å²) in [5.74, 6) is 0.0415. The van der Waals surface area contributed by atoms with Crippen molar-refractivity contribution < 1.29 is 14.2 Å². The first kappa shape index (κ1) is 15.0. The van der Waals surface area contributed by atoms with Crippen molar-refractivity contribution in [3.8, 4) is 5.75 Å². The van der Waals surface area contributed by atoms with Crippen molar-refractivity contribution in [2.75, 3.05) is 13.7 Å². The van der Waals surface area contributed by atoms with Gasteiger partial charge in [0.1, 0.15) is 11.6 Å². The molecule has 1 atom stereocenters. The minimum atomic E-state index is -0.902. The fraction of sp³-hybridized carbons (Fsp3) is 0.333. The Hall–Kier alpha value is -1.43. The lowest BCUT2D eigenvalue weighted by Gasteiger charge is -2.31. The highest BCUT2D eigenvalue weighted by Gasteiger charge is 2.31. The number of hydrogen-bond acceptors (Lipinski definition) is 4. The lowest BCUT2D eigenvalue weighted by molar-refractivity contribution is 0.166. The Morgan fingerprint density at radius 2 is 2.15 bits per heavy atom. The zero-order valence-electron chi connectivity index (χ0n) is 11.5. The molecule has 5 heteroatoms. The van der Waals surface area contributed by atoms with Crippen LogP contribution in [0.2, 0.25) is 0 Å². The molecule has 2 aromatic rings. The van der Waals surface area contributed by atoms with Gasteiger partial charge in [0.25, 0.3) is 0 Å². The van der Waals surface area contributed by atoms with E-state index in [1.54, 1.807) is 30.4 Å². The Kier molecular flexibility index (Phi) is 4.75. The molecule has 0 spiro atoms. The second-order valence-electron chi connectivity index (χ2n) is 4.74. The van der Waals surface area contributed by atoms with Crippen LogP contribution in [0.5, 0.6) is 5.75 Å². The Morgan fingerprint density at radius 3 is 2.75 bits per heavy atom. The summed E-state index contributed by atoms with van der Waals surface area (Å²) in [5, 5.41) is 14.9. The number of rotatable bonds is 6. The van der Waals surface area contributed by atoms with E-state index >= 15 is 0 Å². The molecule has 108 valence electrons. The first-order valence-electron chi connectivity index (χ1n) is 6.32. The van der Waals surface area contributed by atoms with Crippen molar-refractivity contribution in [2.45, 2.75) is 19.0 Å². The summed E-state index contributed by atoms with van der Waals surface area (Å²) in [6, 6.07) is 8.61. The molecule has 0 bridgehead atoms. The van der Waals surface area contributed by atoms with Gasteiger partial charge in [0, 0.05) is 11.4 Å². The predicted molar refractivity (Wildman–Crippen MR) is 78.5 cm³/mol. The molecule has 3 nitrogen and oxygen atoms in total. The molecular formula is C15H18FNO2S. The highest BCUT2D eigenvalue weighted by molar-refractivity contribution is 7.09. The number of thiophene rings is 1. The zero-order valence-corrected chi connectivity index (χ0v) is 12.3. The van der Waals surface area contributed by atoms with Crippen molar-refractivity contribution in [1.29, 1.82) is 0 Å². The van der Waals surface area contributed by atoms with E-state index in [-0.39, 0.29) is 12.4 Å². The Labute approximate surface area is 122 Å². The van der Waals surface area contributed by atoms with Crippen LogP contribution in [-0.2, 0) is 12.1 Å². The van der Waals surface area contributed by atoms with Crippen LogP contribution in [0.25, 0.3) is 0 Å². The van der Waals surface area contributed by atoms with E-state index in [0.29, 0.717) is 17.9 Å². The quantitative estimate of drug-likeness (QED) is 0.861. The standard InChI is InChI=1S/C15H18FNO2S/c1-15(10-18,17-9-11-5-4-8-20-11)14-12(16)6-3-7-13(14)19-2/h3-8,17-18H,9-10H2,1-2H3. The number of halogens is 1. The fourth-order valence-corrected chi connectivity index (χ4v) is 2.77. The van der Waals surface area contributed by atoms with Crippen molar-refractivity contribution in [3.05, 3.63) is 52.0 Å². The minimum absolute atomic E-state index is 0.227. The van der Waals surface area contributed by atoms with Crippen LogP contribution in [-0.4, -0.2) is 18.8 Å². The highest BCUT2D eigenvalue weighted by Crippen LogP contribution is 2.32. The molecule has 0 amide bonds. The van der Waals surface area contributed by atoms with Crippen LogP contribution in [0, 0.1) is 5.82 Å². The summed E-state index contributed by atoms with van der Waals surface area (Å²) in [6.07, 6.45) is 0. The molecule has 0 saturated heterocycles. The van der Waals surface area contributed by atoms with Crippen LogP contribution >= 0.6 is 11.3 Å². The smallest absolute Gasteiger partial charge is 0.132 e. The van der Waals surface area contributed by atoms with Gasteiger partial charge in [-0.1, -0.05) is 12.1 Å². The molecule has 0 aliphatic carbocycles. The van der Waals surface area contributed by atoms with E-state index in [4.69, 9.17) is 4.74 Å². The summed E-state index contributed by atoms with van der Waals surface area (Å²) in [6.45, 7) is 2.10. The molecule has 1 heterocycles. The first-order valence-corrected chi connectivity index (χ1v) is 7.20. The molecule has 20 heavy (non-hydrogen) atoms. The third kappa shape index (κ3) is 3.00. The van der Waals surface area contributed by atoms with Gasteiger partial charge in [0.15, 0.2) is 0 Å². The van der Waals surface area contributed by atoms with Gasteiger partial charge < -0.3 is 15.2 Å². The molecule has 1 aromatic carbocycles. The maximum atomic E-state index is 14.2. The van der Waals surface area contributed by atoms with Gasteiger partial charge in [-0.3, -0.25) is 0 Å². The average Bonchev–Trinajstić information content (AvgIpc) is 2.97. The second kappa shape index (κ2) is 6.35. The third-order valence-electron chi connectivity index (χ3n) is 3.30. The number of nitrogens with one attached hydrogen (secondary N) is 1. The summed E-state index contributed by atoms with van der Waals surface area (Å²) < 4.78 is 19.4. The van der Waals surface area contributed by atoms with E-state index in [2.05, 4.69) is 5.32 Å². The van der Waals surface area contributed by atoms with Gasteiger partial charge in [-0.05, 0) is 30.5 Å². The maximum absolute atomic E-state index is 14.2. The summed E-state index contributed by atoms with van der Waals surface area (Å²) in [7, 11) is 1.50. The van der Waals surface area contributed by atoms with Crippen molar-refractivity contribution >= 4 is 11.3 Å². The molecule has 0 aliphatic heterocycles. The number of aliphatic hydroxyl groups excluding tert-OH is 1. The Balaban J connectivity index is 2.30. The molecule has 0 saturated carbocycles. The molecule has 0 radical (unpaired) electrons. The SMILES string of the molecule is COc1cccc(F)c1C(C)(CO)NCc1cccs1. The van der Waals surface area contributed by atoms with Crippen LogP contribution in [0.1, 0.15) is 17.4 Å². The largest absolute Gasteiger partial charge is 0.496 e. The van der Waals surface area contributed by atoms with E-state index in [0.717, 1.165) is 4.88 Å². The highest BCUT2D eigenvalue weighted by atomic mass is 32.1. The summed E-state index contributed by atoms with van der Waals surface area (Å²) in [4.78, 5) is 1.12. The average molecular weight is 295 g/mol. The monoisotopic (exact) mass is 295 g/mol. The number of aliphatic hydroxyl groups is 1. The molecular weight excluding hydrogens is 277 g/mol. The van der Waals surface area contributed by atoms with Crippen molar-refractivity contribution in [1.82, 2.24) is 5.32 Å². The van der Waals surface area contributed by atoms with Crippen molar-refractivity contribution in [3.63, 3.8) is 0 Å². The van der Waals surface area contributed by atoms with E-state index in [1.165, 1.54) is 13.2 Å². The molecule has 1 aromatic heterocycles. The summed E-state index contributed by atoms with van der Waals surface area (Å²) >= 11 is 1.61. The molecule has 2 N–H and O–H groups in total. The van der Waals surface area contributed by atoms with Gasteiger partial charge in [-0.15, -0.1) is 11.3 Å². The van der Waals surface area contributed by atoms with Crippen LogP contribution in [0.15, 0.2) is 35.7 Å². The molecule has 2 rings (SSSR count). The molecule has 1 unspecified atom stereocenters. The lowest BCUT2D eigenvalue weighted by Crippen LogP contribution is -2.43. The second-order valence-corrected chi connectivity index (χ2v) is 5.77. The number of methoxy groups -OCH3 is 1. The number of ether oxygens (including phenoxy) is 1. The molecule has 0 fully saturated rings. The van der Waals surface area contributed by atoms with E-state index in [1.807, 2.05) is 17.5 Å². The number of benzene rings is 1. The van der Waals surface area contributed by atoms with E-state index in [9.17, 15) is 9.50 Å². The van der Waals surface area contributed by atoms with Crippen LogP contribution < -0.4 is 10.1 Å².